The van der Waals surface area contributed by atoms with Gasteiger partial charge in [-0.05, 0) is 18.5 Å². The SMILES string of the molecule is CCOC(=O)CC1(O)O[B]c2cc(OC)cc(F)c21. The number of hydrogen-bond acceptors (Lipinski definition) is 5. The second-order valence-corrected chi connectivity index (χ2v) is 4.08. The fourth-order valence-corrected chi connectivity index (χ4v) is 1.98. The molecule has 1 aliphatic rings. The molecule has 2 rings (SSSR count). The van der Waals surface area contributed by atoms with Crippen LogP contribution in [0.25, 0.3) is 0 Å². The highest BCUT2D eigenvalue weighted by molar-refractivity contribution is 6.49. The first-order chi connectivity index (χ1) is 9.00. The van der Waals surface area contributed by atoms with Gasteiger partial charge in [-0.3, -0.25) is 4.79 Å². The smallest absolute Gasteiger partial charge is 0.335 e. The van der Waals surface area contributed by atoms with Crippen molar-refractivity contribution in [2.45, 2.75) is 19.1 Å². The lowest BCUT2D eigenvalue weighted by atomic mass is 9.85. The average molecular weight is 267 g/mol. The summed E-state index contributed by atoms with van der Waals surface area (Å²) in [4.78, 5) is 11.4. The fourth-order valence-electron chi connectivity index (χ4n) is 1.98. The van der Waals surface area contributed by atoms with Crippen molar-refractivity contribution in [2.24, 2.45) is 0 Å². The highest BCUT2D eigenvalue weighted by Crippen LogP contribution is 2.33. The van der Waals surface area contributed by atoms with Crippen LogP contribution in [-0.2, 0) is 20.0 Å². The van der Waals surface area contributed by atoms with Crippen LogP contribution in [0.4, 0.5) is 4.39 Å². The van der Waals surface area contributed by atoms with E-state index < -0.39 is 24.0 Å². The highest BCUT2D eigenvalue weighted by Gasteiger charge is 2.43. The van der Waals surface area contributed by atoms with Crippen molar-refractivity contribution in [1.82, 2.24) is 0 Å². The first-order valence-electron chi connectivity index (χ1n) is 5.77. The van der Waals surface area contributed by atoms with Crippen molar-refractivity contribution < 1.29 is 28.4 Å². The molecule has 0 fully saturated rings. The van der Waals surface area contributed by atoms with E-state index in [0.717, 1.165) is 6.07 Å². The zero-order valence-electron chi connectivity index (χ0n) is 10.6. The van der Waals surface area contributed by atoms with E-state index in [-0.39, 0.29) is 12.2 Å². The summed E-state index contributed by atoms with van der Waals surface area (Å²) in [5.74, 6) is -3.09. The molecule has 7 heteroatoms. The molecule has 1 heterocycles. The molecule has 101 valence electrons. The van der Waals surface area contributed by atoms with Crippen molar-refractivity contribution in [3.05, 3.63) is 23.5 Å². The Morgan fingerprint density at radius 1 is 1.58 bits per heavy atom. The van der Waals surface area contributed by atoms with Crippen LogP contribution in [0.1, 0.15) is 18.9 Å². The molecule has 0 saturated carbocycles. The van der Waals surface area contributed by atoms with Crippen LogP contribution in [-0.4, -0.2) is 32.3 Å². The number of ether oxygens (including phenoxy) is 2. The van der Waals surface area contributed by atoms with Gasteiger partial charge in [-0.1, -0.05) is 0 Å². The first kappa shape index (κ1) is 13.8. The average Bonchev–Trinajstić information content (AvgIpc) is 2.67. The van der Waals surface area contributed by atoms with E-state index in [9.17, 15) is 14.3 Å². The number of esters is 1. The molecule has 1 N–H and O–H groups in total. The van der Waals surface area contributed by atoms with Crippen molar-refractivity contribution in [3.8, 4) is 5.75 Å². The molecule has 0 spiro atoms. The number of benzene rings is 1. The van der Waals surface area contributed by atoms with Gasteiger partial charge in [0.1, 0.15) is 18.0 Å². The lowest BCUT2D eigenvalue weighted by Gasteiger charge is -2.23. The summed E-state index contributed by atoms with van der Waals surface area (Å²) >= 11 is 0. The van der Waals surface area contributed by atoms with Crippen LogP contribution >= 0.6 is 0 Å². The Morgan fingerprint density at radius 2 is 2.32 bits per heavy atom. The zero-order valence-corrected chi connectivity index (χ0v) is 10.6. The molecule has 0 amide bonds. The Morgan fingerprint density at radius 3 is 2.95 bits per heavy atom. The number of aliphatic hydroxyl groups is 1. The number of hydrogen-bond donors (Lipinski definition) is 1. The van der Waals surface area contributed by atoms with Gasteiger partial charge in [-0.15, -0.1) is 0 Å². The molecule has 0 aromatic heterocycles. The van der Waals surface area contributed by atoms with E-state index >= 15 is 0 Å². The van der Waals surface area contributed by atoms with Gasteiger partial charge in [0.15, 0.2) is 5.79 Å². The lowest BCUT2D eigenvalue weighted by molar-refractivity contribution is -0.174. The van der Waals surface area contributed by atoms with Crippen molar-refractivity contribution in [3.63, 3.8) is 0 Å². The van der Waals surface area contributed by atoms with Crippen LogP contribution in [0.3, 0.4) is 0 Å². The molecule has 1 radical (unpaired) electrons. The molecule has 1 atom stereocenters. The van der Waals surface area contributed by atoms with E-state index in [1.54, 1.807) is 6.92 Å². The van der Waals surface area contributed by atoms with Crippen molar-refractivity contribution in [1.29, 1.82) is 0 Å². The monoisotopic (exact) mass is 267 g/mol. The van der Waals surface area contributed by atoms with E-state index in [1.165, 1.54) is 20.7 Å². The third-order valence-electron chi connectivity index (χ3n) is 2.79. The molecule has 1 aliphatic heterocycles. The Labute approximate surface area is 110 Å². The standard InChI is InChI=1S/C12H13BFO5/c1-3-18-10(15)6-12(16)11-8(13-19-12)4-7(17-2)5-9(11)14/h4-5,16H,3,6H2,1-2H3. The van der Waals surface area contributed by atoms with Crippen LogP contribution < -0.4 is 10.2 Å². The molecular weight excluding hydrogens is 254 g/mol. The van der Waals surface area contributed by atoms with Gasteiger partial charge in [-0.2, -0.15) is 0 Å². The van der Waals surface area contributed by atoms with Gasteiger partial charge in [0.2, 0.25) is 0 Å². The third kappa shape index (κ3) is 2.57. The van der Waals surface area contributed by atoms with Gasteiger partial charge < -0.3 is 19.2 Å². The normalized spacial score (nSPS) is 20.6. The number of fused-ring (bicyclic) bond motifs is 1. The Balaban J connectivity index is 2.32. The number of halogens is 1. The zero-order chi connectivity index (χ0) is 14.0. The molecule has 0 aliphatic carbocycles. The van der Waals surface area contributed by atoms with Gasteiger partial charge in [-0.25, -0.2) is 4.39 Å². The summed E-state index contributed by atoms with van der Waals surface area (Å²) in [5.41, 5.74) is 0.255. The number of rotatable bonds is 4. The Hall–Kier alpha value is -1.60. The first-order valence-corrected chi connectivity index (χ1v) is 5.77. The molecule has 1 aromatic carbocycles. The maximum Gasteiger partial charge on any atom is 0.335 e. The van der Waals surface area contributed by atoms with Crippen molar-refractivity contribution >= 4 is 18.9 Å². The van der Waals surface area contributed by atoms with E-state index in [2.05, 4.69) is 0 Å². The van der Waals surface area contributed by atoms with Crippen LogP contribution in [0.15, 0.2) is 12.1 Å². The third-order valence-corrected chi connectivity index (χ3v) is 2.79. The number of methoxy groups -OCH3 is 1. The Kier molecular flexibility index (Phi) is 3.77. The van der Waals surface area contributed by atoms with E-state index in [1.807, 2.05) is 0 Å². The minimum Gasteiger partial charge on any atom is -0.497 e. The lowest BCUT2D eigenvalue weighted by Crippen LogP contribution is -2.31. The summed E-state index contributed by atoms with van der Waals surface area (Å²) in [6, 6.07) is 2.64. The van der Waals surface area contributed by atoms with E-state index in [0.29, 0.717) is 11.2 Å². The molecule has 5 nitrogen and oxygen atoms in total. The summed E-state index contributed by atoms with van der Waals surface area (Å²) in [6.07, 6.45) is -0.479. The predicted octanol–water partition coefficient (Wildman–Crippen LogP) is 0.207. The second kappa shape index (κ2) is 5.18. The summed E-state index contributed by atoms with van der Waals surface area (Å²) in [7, 11) is 2.60. The Bertz CT molecular complexity index is 507. The number of carbonyl (C=O) groups excluding carboxylic acids is 1. The maximum atomic E-state index is 14.0. The van der Waals surface area contributed by atoms with Crippen molar-refractivity contribution in [2.75, 3.05) is 13.7 Å². The largest absolute Gasteiger partial charge is 0.497 e. The van der Waals surface area contributed by atoms with Gasteiger partial charge in [0.25, 0.3) is 0 Å². The molecule has 0 saturated heterocycles. The minimum absolute atomic E-state index is 0.0821. The molecule has 19 heavy (non-hydrogen) atoms. The molecular formula is C12H13BFO5. The predicted molar refractivity (Wildman–Crippen MR) is 64.6 cm³/mol. The van der Waals surface area contributed by atoms with E-state index in [4.69, 9.17) is 14.1 Å². The molecule has 1 aromatic rings. The van der Waals surface area contributed by atoms with Crippen LogP contribution in [0, 0.1) is 5.82 Å². The second-order valence-electron chi connectivity index (χ2n) is 4.08. The maximum absolute atomic E-state index is 14.0. The van der Waals surface area contributed by atoms with Gasteiger partial charge in [0, 0.05) is 11.6 Å². The minimum atomic E-state index is -2.03. The number of carbonyl (C=O) groups is 1. The summed E-state index contributed by atoms with van der Waals surface area (Å²) in [5, 5.41) is 10.2. The van der Waals surface area contributed by atoms with Gasteiger partial charge in [0.05, 0.1) is 13.7 Å². The molecule has 0 bridgehead atoms. The summed E-state index contributed by atoms with van der Waals surface area (Å²) in [6.45, 7) is 1.82. The molecule has 1 unspecified atom stereocenters. The highest BCUT2D eigenvalue weighted by atomic mass is 19.1. The topological polar surface area (TPSA) is 65.0 Å². The van der Waals surface area contributed by atoms with Crippen LogP contribution in [0.5, 0.6) is 5.75 Å². The quantitative estimate of drug-likeness (QED) is 0.624. The fraction of sp³-hybridized carbons (Fsp3) is 0.417. The van der Waals surface area contributed by atoms with Gasteiger partial charge >= 0.3 is 13.5 Å². The summed E-state index contributed by atoms with van der Waals surface area (Å²) < 4.78 is 28.7. The van der Waals surface area contributed by atoms with Crippen LogP contribution in [0.2, 0.25) is 0 Å².